The first-order chi connectivity index (χ1) is 10.8. The van der Waals surface area contributed by atoms with Crippen molar-refractivity contribution in [3.8, 4) is 0 Å². The molecular weight excluding hydrogens is 292 g/mol. The van der Waals surface area contributed by atoms with Crippen LogP contribution in [0, 0.1) is 0 Å². The highest BCUT2D eigenvalue weighted by atomic mass is 32.2. The molecule has 1 unspecified atom stereocenters. The summed E-state index contributed by atoms with van der Waals surface area (Å²) in [5, 5.41) is 0. The number of rotatable bonds is 3. The third-order valence-corrected chi connectivity index (χ3v) is 5.84. The molecule has 1 amide bonds. The molecule has 0 spiro atoms. The van der Waals surface area contributed by atoms with Crippen molar-refractivity contribution in [1.29, 1.82) is 0 Å². The summed E-state index contributed by atoms with van der Waals surface area (Å²) in [6.45, 7) is 4.36. The molecule has 0 aromatic heterocycles. The Morgan fingerprint density at radius 2 is 1.82 bits per heavy atom. The zero-order valence-corrected chi connectivity index (χ0v) is 14.1. The Kier molecular flexibility index (Phi) is 5.79. The van der Waals surface area contributed by atoms with Crippen molar-refractivity contribution in [3.05, 3.63) is 35.9 Å². The maximum atomic E-state index is 12.9. The molecule has 1 atom stereocenters. The van der Waals surface area contributed by atoms with Gasteiger partial charge in [0.1, 0.15) is 0 Å². The SMILES string of the molecule is O=C(c1ccccc1)N1CCCSCC1CN1CCCCC1. The Labute approximate surface area is 138 Å². The number of amides is 1. The van der Waals surface area contributed by atoms with Crippen LogP contribution in [-0.2, 0) is 0 Å². The molecule has 0 N–H and O–H groups in total. The fraction of sp³-hybridized carbons (Fsp3) is 0.611. The number of thioether (sulfide) groups is 1. The average molecular weight is 318 g/mol. The van der Waals surface area contributed by atoms with E-state index in [-0.39, 0.29) is 5.91 Å². The standard InChI is InChI=1S/C18H26N2OS/c21-18(16-8-3-1-4-9-16)20-12-7-13-22-15-17(20)14-19-10-5-2-6-11-19/h1,3-4,8-9,17H,2,5-7,10-15H2. The first kappa shape index (κ1) is 15.9. The van der Waals surface area contributed by atoms with Crippen LogP contribution < -0.4 is 0 Å². The van der Waals surface area contributed by atoms with Gasteiger partial charge in [-0.2, -0.15) is 11.8 Å². The number of hydrogen-bond acceptors (Lipinski definition) is 3. The highest BCUT2D eigenvalue weighted by Crippen LogP contribution is 2.21. The van der Waals surface area contributed by atoms with E-state index in [0.717, 1.165) is 30.8 Å². The summed E-state index contributed by atoms with van der Waals surface area (Å²) in [5.74, 6) is 2.47. The van der Waals surface area contributed by atoms with Crippen molar-refractivity contribution < 1.29 is 4.79 Å². The lowest BCUT2D eigenvalue weighted by atomic mass is 10.1. The molecule has 0 bridgehead atoms. The second kappa shape index (κ2) is 8.02. The van der Waals surface area contributed by atoms with Gasteiger partial charge in [-0.25, -0.2) is 0 Å². The number of carbonyl (C=O) groups is 1. The summed E-state index contributed by atoms with van der Waals surface area (Å²) < 4.78 is 0. The largest absolute Gasteiger partial charge is 0.334 e. The van der Waals surface area contributed by atoms with Gasteiger partial charge in [-0.15, -0.1) is 0 Å². The summed E-state index contributed by atoms with van der Waals surface area (Å²) in [7, 11) is 0. The minimum absolute atomic E-state index is 0.213. The van der Waals surface area contributed by atoms with Crippen LogP contribution in [0.15, 0.2) is 30.3 Å². The highest BCUT2D eigenvalue weighted by Gasteiger charge is 2.28. The Balaban J connectivity index is 1.71. The fourth-order valence-electron chi connectivity index (χ4n) is 3.43. The van der Waals surface area contributed by atoms with E-state index in [1.165, 1.54) is 38.1 Å². The minimum Gasteiger partial charge on any atom is -0.334 e. The molecular formula is C18H26N2OS. The molecule has 0 aliphatic carbocycles. The molecule has 120 valence electrons. The van der Waals surface area contributed by atoms with Crippen LogP contribution in [-0.4, -0.2) is 59.4 Å². The average Bonchev–Trinajstić information content (AvgIpc) is 2.81. The first-order valence-corrected chi connectivity index (χ1v) is 9.66. The lowest BCUT2D eigenvalue weighted by Gasteiger charge is -2.35. The van der Waals surface area contributed by atoms with Crippen molar-refractivity contribution in [2.45, 2.75) is 31.7 Å². The topological polar surface area (TPSA) is 23.6 Å². The van der Waals surface area contributed by atoms with E-state index in [4.69, 9.17) is 0 Å². The van der Waals surface area contributed by atoms with E-state index >= 15 is 0 Å². The van der Waals surface area contributed by atoms with Gasteiger partial charge in [-0.1, -0.05) is 24.6 Å². The molecule has 2 aliphatic heterocycles. The van der Waals surface area contributed by atoms with Gasteiger partial charge < -0.3 is 9.80 Å². The molecule has 2 heterocycles. The molecule has 2 aliphatic rings. The van der Waals surface area contributed by atoms with Gasteiger partial charge in [0.2, 0.25) is 0 Å². The van der Waals surface area contributed by atoms with E-state index in [1.807, 2.05) is 42.1 Å². The van der Waals surface area contributed by atoms with Crippen molar-refractivity contribution in [1.82, 2.24) is 9.80 Å². The van der Waals surface area contributed by atoms with Crippen molar-refractivity contribution >= 4 is 17.7 Å². The number of benzene rings is 1. The number of likely N-dealkylation sites (tertiary alicyclic amines) is 1. The second-order valence-electron chi connectivity index (χ2n) is 6.31. The lowest BCUT2D eigenvalue weighted by molar-refractivity contribution is 0.0645. The van der Waals surface area contributed by atoms with Gasteiger partial charge in [0, 0.05) is 24.4 Å². The van der Waals surface area contributed by atoms with E-state index in [0.29, 0.717) is 6.04 Å². The van der Waals surface area contributed by atoms with Gasteiger partial charge in [-0.05, 0) is 50.2 Å². The van der Waals surface area contributed by atoms with E-state index in [2.05, 4.69) is 9.80 Å². The first-order valence-electron chi connectivity index (χ1n) is 8.51. The minimum atomic E-state index is 0.213. The van der Waals surface area contributed by atoms with Gasteiger partial charge in [0.25, 0.3) is 5.91 Å². The van der Waals surface area contributed by atoms with Crippen LogP contribution >= 0.6 is 11.8 Å². The fourth-order valence-corrected chi connectivity index (χ4v) is 4.49. The van der Waals surface area contributed by atoms with Crippen molar-refractivity contribution in [2.24, 2.45) is 0 Å². The van der Waals surface area contributed by atoms with Crippen LogP contribution in [0.2, 0.25) is 0 Å². The monoisotopic (exact) mass is 318 g/mol. The van der Waals surface area contributed by atoms with Crippen LogP contribution in [0.25, 0.3) is 0 Å². The Morgan fingerprint density at radius 3 is 2.59 bits per heavy atom. The summed E-state index contributed by atoms with van der Waals surface area (Å²) in [4.78, 5) is 17.6. The molecule has 0 radical (unpaired) electrons. The highest BCUT2D eigenvalue weighted by molar-refractivity contribution is 7.99. The van der Waals surface area contributed by atoms with Gasteiger partial charge in [0.15, 0.2) is 0 Å². The molecule has 3 nitrogen and oxygen atoms in total. The summed E-state index contributed by atoms with van der Waals surface area (Å²) in [5.41, 5.74) is 0.832. The zero-order chi connectivity index (χ0) is 15.2. The van der Waals surface area contributed by atoms with E-state index in [1.54, 1.807) is 0 Å². The van der Waals surface area contributed by atoms with Gasteiger partial charge >= 0.3 is 0 Å². The van der Waals surface area contributed by atoms with Crippen molar-refractivity contribution in [2.75, 3.05) is 37.7 Å². The molecule has 22 heavy (non-hydrogen) atoms. The molecule has 1 aromatic rings. The van der Waals surface area contributed by atoms with E-state index in [9.17, 15) is 4.79 Å². The van der Waals surface area contributed by atoms with Crippen LogP contribution in [0.3, 0.4) is 0 Å². The number of carbonyl (C=O) groups excluding carboxylic acids is 1. The number of piperidine rings is 1. The third-order valence-electron chi connectivity index (χ3n) is 4.64. The zero-order valence-electron chi connectivity index (χ0n) is 13.2. The molecule has 0 saturated carbocycles. The summed E-state index contributed by atoms with van der Waals surface area (Å²) in [6.07, 6.45) is 5.10. The predicted octanol–water partition coefficient (Wildman–Crippen LogP) is 3.12. The normalized spacial score (nSPS) is 24.0. The smallest absolute Gasteiger partial charge is 0.254 e. The van der Waals surface area contributed by atoms with Gasteiger partial charge in [-0.3, -0.25) is 4.79 Å². The number of nitrogens with zero attached hydrogens (tertiary/aromatic N) is 2. The van der Waals surface area contributed by atoms with E-state index < -0.39 is 0 Å². The molecule has 1 aromatic carbocycles. The Bertz CT molecular complexity index is 473. The van der Waals surface area contributed by atoms with Crippen LogP contribution in [0.4, 0.5) is 0 Å². The van der Waals surface area contributed by atoms with Crippen molar-refractivity contribution in [3.63, 3.8) is 0 Å². The van der Waals surface area contributed by atoms with Gasteiger partial charge in [0.05, 0.1) is 6.04 Å². The van der Waals surface area contributed by atoms with Crippen LogP contribution in [0.5, 0.6) is 0 Å². The molecule has 3 rings (SSSR count). The molecule has 4 heteroatoms. The maximum absolute atomic E-state index is 12.9. The Morgan fingerprint density at radius 1 is 1.05 bits per heavy atom. The second-order valence-corrected chi connectivity index (χ2v) is 7.46. The van der Waals surface area contributed by atoms with Crippen LogP contribution in [0.1, 0.15) is 36.0 Å². The summed E-state index contributed by atoms with van der Waals surface area (Å²) in [6, 6.07) is 10.1. The molecule has 2 fully saturated rings. The molecule has 2 saturated heterocycles. The number of hydrogen-bond donors (Lipinski definition) is 0. The maximum Gasteiger partial charge on any atom is 0.254 e. The quantitative estimate of drug-likeness (QED) is 0.855. The predicted molar refractivity (Wildman–Crippen MR) is 93.5 cm³/mol. The third kappa shape index (κ3) is 4.05. The Hall–Kier alpha value is -1.00. The lowest BCUT2D eigenvalue weighted by Crippen LogP contribution is -2.49. The summed E-state index contributed by atoms with van der Waals surface area (Å²) >= 11 is 2.01.